The van der Waals surface area contributed by atoms with Crippen LogP contribution in [-0.4, -0.2) is 11.8 Å². The minimum Gasteiger partial charge on any atom is -0.355 e. The molecule has 1 aliphatic rings. The molecule has 0 saturated carbocycles. The maximum Gasteiger partial charge on any atom is 0.197 e. The number of rotatable bonds is 4. The lowest BCUT2D eigenvalue weighted by molar-refractivity contribution is 0.590. The first-order chi connectivity index (χ1) is 26.5. The van der Waals surface area contributed by atoms with E-state index in [2.05, 4.69) is 210 Å². The van der Waals surface area contributed by atoms with Gasteiger partial charge in [-0.05, 0) is 109 Å². The van der Waals surface area contributed by atoms with E-state index in [1.807, 2.05) is 0 Å². The first-order valence-electron chi connectivity index (χ1n) is 19.5. The number of nitrogens with one attached hydrogen (secondary N) is 1. The van der Waals surface area contributed by atoms with Crippen molar-refractivity contribution in [2.45, 2.75) is 52.4 Å². The van der Waals surface area contributed by atoms with Crippen LogP contribution in [0.5, 0.6) is 0 Å². The van der Waals surface area contributed by atoms with Crippen LogP contribution in [0.3, 0.4) is 0 Å². The number of fused-ring (bicyclic) bond motifs is 8. The smallest absolute Gasteiger partial charge is 0.197 e. The molecule has 2 nitrogen and oxygen atoms in total. The Labute approximate surface area is 324 Å². The zero-order valence-electron chi connectivity index (χ0n) is 32.5. The van der Waals surface area contributed by atoms with Crippen molar-refractivity contribution in [2.75, 3.05) is 5.32 Å². The summed E-state index contributed by atoms with van der Waals surface area (Å²) in [5.74, 6) is 0. The van der Waals surface area contributed by atoms with Crippen LogP contribution in [0.15, 0.2) is 152 Å². The Morgan fingerprint density at radius 1 is 0.491 bits per heavy atom. The second-order valence-corrected chi connectivity index (χ2v) is 17.4. The number of nitrogens with zero attached hydrogens (tertiary/aromatic N) is 1. The first-order valence-corrected chi connectivity index (χ1v) is 19.5. The number of aromatic nitrogens is 1. The van der Waals surface area contributed by atoms with E-state index in [-0.39, 0.29) is 10.8 Å². The quantitative estimate of drug-likeness (QED) is 0.180. The third-order valence-electron chi connectivity index (χ3n) is 11.7. The number of hydrogen-bond donors (Lipinski definition) is 1. The highest BCUT2D eigenvalue weighted by molar-refractivity contribution is 6.74. The third-order valence-corrected chi connectivity index (χ3v) is 11.7. The molecule has 2 heterocycles. The van der Waals surface area contributed by atoms with Crippen LogP contribution < -0.4 is 16.2 Å². The molecule has 1 radical (unpaired) electrons. The Kier molecular flexibility index (Phi) is 7.45. The Hall–Kier alpha value is -6.06. The van der Waals surface area contributed by atoms with Crippen LogP contribution in [-0.2, 0) is 10.8 Å². The van der Waals surface area contributed by atoms with Crippen LogP contribution in [0.25, 0.3) is 71.3 Å². The molecule has 1 aliphatic heterocycles. The Morgan fingerprint density at radius 3 is 1.84 bits per heavy atom. The largest absolute Gasteiger partial charge is 0.355 e. The maximum atomic E-state index is 3.89. The molecule has 0 amide bonds. The minimum absolute atomic E-state index is 0.00736. The molecular weight excluding hydrogens is 663 g/mol. The van der Waals surface area contributed by atoms with Crippen molar-refractivity contribution in [1.29, 1.82) is 0 Å². The van der Waals surface area contributed by atoms with Gasteiger partial charge in [0.15, 0.2) is 7.28 Å². The van der Waals surface area contributed by atoms with Crippen molar-refractivity contribution in [2.24, 2.45) is 0 Å². The molecule has 55 heavy (non-hydrogen) atoms. The van der Waals surface area contributed by atoms with E-state index in [4.69, 9.17) is 0 Å². The van der Waals surface area contributed by atoms with E-state index in [0.717, 1.165) is 11.4 Å². The van der Waals surface area contributed by atoms with Crippen molar-refractivity contribution in [3.63, 3.8) is 0 Å². The predicted octanol–water partition coefficient (Wildman–Crippen LogP) is 12.7. The van der Waals surface area contributed by atoms with Gasteiger partial charge in [0.05, 0.1) is 5.52 Å². The molecule has 9 aromatic rings. The van der Waals surface area contributed by atoms with Crippen molar-refractivity contribution in [1.82, 2.24) is 4.57 Å². The van der Waals surface area contributed by atoms with E-state index < -0.39 is 0 Å². The van der Waals surface area contributed by atoms with E-state index in [0.29, 0.717) is 0 Å². The highest BCUT2D eigenvalue weighted by Crippen LogP contribution is 2.42. The Morgan fingerprint density at radius 2 is 1.11 bits per heavy atom. The highest BCUT2D eigenvalue weighted by atomic mass is 15.0. The van der Waals surface area contributed by atoms with Crippen LogP contribution in [0.4, 0.5) is 11.4 Å². The van der Waals surface area contributed by atoms with E-state index in [1.165, 1.54) is 93.3 Å². The van der Waals surface area contributed by atoms with Gasteiger partial charge in [-0.15, -0.1) is 0 Å². The molecule has 10 rings (SSSR count). The summed E-state index contributed by atoms with van der Waals surface area (Å²) in [5.41, 5.74) is 16.0. The zero-order chi connectivity index (χ0) is 37.6. The van der Waals surface area contributed by atoms with Gasteiger partial charge in [-0.25, -0.2) is 0 Å². The molecule has 0 aliphatic carbocycles. The standard InChI is InChI=1S/C52H44BN2/c1-51(2,3)37-22-25-47-42(29-37)44-30-38(52(4,5)6)31-45-49(44)55(47)50-40-19-13-12-18-36(40)27-43(48(50)53-45)41-26-34-16-10-11-17-35(34)28-46(41)54-39-23-20-33(21-24-39)32-14-8-7-9-15-32/h7-31,54H,1-6H3. The highest BCUT2D eigenvalue weighted by Gasteiger charge is 2.30. The van der Waals surface area contributed by atoms with Crippen LogP contribution in [0.2, 0.25) is 0 Å². The summed E-state index contributed by atoms with van der Waals surface area (Å²) in [6.45, 7) is 13.9. The van der Waals surface area contributed by atoms with Gasteiger partial charge in [0, 0.05) is 44.3 Å². The summed E-state index contributed by atoms with van der Waals surface area (Å²) in [5, 5.41) is 11.4. The second kappa shape index (κ2) is 12.2. The molecule has 0 saturated heterocycles. The molecule has 0 unspecified atom stereocenters. The molecule has 1 N–H and O–H groups in total. The average molecular weight is 708 g/mol. The first kappa shape index (κ1) is 33.5. The van der Waals surface area contributed by atoms with Crippen molar-refractivity contribution in [3.05, 3.63) is 163 Å². The molecule has 0 bridgehead atoms. The normalized spacial score (nSPS) is 12.7. The van der Waals surface area contributed by atoms with Gasteiger partial charge in [-0.2, -0.15) is 0 Å². The fourth-order valence-electron chi connectivity index (χ4n) is 8.63. The summed E-state index contributed by atoms with van der Waals surface area (Å²) in [6, 6.07) is 56.2. The molecule has 0 fully saturated rings. The lowest BCUT2D eigenvalue weighted by Crippen LogP contribution is -2.38. The summed E-state index contributed by atoms with van der Waals surface area (Å²) >= 11 is 0. The van der Waals surface area contributed by atoms with Crippen LogP contribution in [0.1, 0.15) is 52.7 Å². The summed E-state index contributed by atoms with van der Waals surface area (Å²) < 4.78 is 2.58. The number of benzene rings is 8. The minimum atomic E-state index is -0.00736. The average Bonchev–Trinajstić information content (AvgIpc) is 3.52. The summed E-state index contributed by atoms with van der Waals surface area (Å²) in [4.78, 5) is 0. The number of hydrogen-bond acceptors (Lipinski definition) is 1. The van der Waals surface area contributed by atoms with Crippen molar-refractivity contribution in [3.8, 4) is 27.9 Å². The summed E-state index contributed by atoms with van der Waals surface area (Å²) in [6.07, 6.45) is 0. The predicted molar refractivity (Wildman–Crippen MR) is 239 cm³/mol. The number of anilines is 2. The maximum absolute atomic E-state index is 3.89. The topological polar surface area (TPSA) is 17.0 Å². The van der Waals surface area contributed by atoms with Gasteiger partial charge in [0.2, 0.25) is 0 Å². The molecule has 3 heteroatoms. The van der Waals surface area contributed by atoms with Gasteiger partial charge in [-0.3, -0.25) is 0 Å². The second-order valence-electron chi connectivity index (χ2n) is 17.4. The van der Waals surface area contributed by atoms with Crippen molar-refractivity contribution >= 4 is 72.9 Å². The molecule has 8 aromatic carbocycles. The van der Waals surface area contributed by atoms with Crippen LogP contribution >= 0.6 is 0 Å². The van der Waals surface area contributed by atoms with Gasteiger partial charge in [0.1, 0.15) is 0 Å². The molecule has 0 spiro atoms. The lowest BCUT2D eigenvalue weighted by Gasteiger charge is -2.28. The van der Waals surface area contributed by atoms with Crippen molar-refractivity contribution < 1.29 is 0 Å². The fraction of sp³-hybridized carbons (Fsp3) is 0.154. The van der Waals surface area contributed by atoms with E-state index >= 15 is 0 Å². The van der Waals surface area contributed by atoms with Gasteiger partial charge in [0.25, 0.3) is 0 Å². The Bertz CT molecular complexity index is 2970. The van der Waals surface area contributed by atoms with E-state index in [1.54, 1.807) is 0 Å². The van der Waals surface area contributed by atoms with Gasteiger partial charge >= 0.3 is 0 Å². The fourth-order valence-corrected chi connectivity index (χ4v) is 8.63. The monoisotopic (exact) mass is 707 g/mol. The SMILES string of the molecule is CC(C)(C)c1ccc2c(c1)c1cc(C(C)(C)C)cc3c1n2-c1c(c(-c2cc4ccccc4cc2Nc2ccc(-c4ccccc4)cc2)cc2ccccc12)[B]3. The molecular formula is C52H44BN2. The van der Waals surface area contributed by atoms with E-state index in [9.17, 15) is 0 Å². The third kappa shape index (κ3) is 5.56. The molecule has 0 atom stereocenters. The van der Waals surface area contributed by atoms with Crippen LogP contribution in [0, 0.1) is 0 Å². The van der Waals surface area contributed by atoms with Gasteiger partial charge < -0.3 is 9.88 Å². The lowest BCUT2D eigenvalue weighted by atomic mass is 9.58. The zero-order valence-corrected chi connectivity index (χ0v) is 32.5. The summed E-state index contributed by atoms with van der Waals surface area (Å²) in [7, 11) is 2.48. The molecule has 1 aromatic heterocycles. The Balaban J connectivity index is 1.25. The molecule has 265 valence electrons. The van der Waals surface area contributed by atoms with Gasteiger partial charge in [-0.1, -0.05) is 150 Å².